The number of ether oxygens (including phenoxy) is 1. The van der Waals surface area contributed by atoms with Crippen LogP contribution in [-0.2, 0) is 17.8 Å². The van der Waals surface area contributed by atoms with Gasteiger partial charge in [0.25, 0.3) is 0 Å². The van der Waals surface area contributed by atoms with E-state index in [1.54, 1.807) is 25.5 Å². The molecule has 5 heteroatoms. The van der Waals surface area contributed by atoms with Crippen LogP contribution in [0.15, 0.2) is 33.5 Å². The number of nitrogens with one attached hydrogen (secondary N) is 1. The number of carbonyl (C=O) groups excluding carboxylic acids is 1. The van der Waals surface area contributed by atoms with Crippen LogP contribution >= 0.6 is 0 Å². The fourth-order valence-electron chi connectivity index (χ4n) is 1.67. The monoisotopic (exact) mass is 249 g/mol. The molecule has 0 atom stereocenters. The molecule has 2 aromatic rings. The summed E-state index contributed by atoms with van der Waals surface area (Å²) in [6.07, 6.45) is 3.31. The van der Waals surface area contributed by atoms with E-state index in [9.17, 15) is 4.79 Å². The third-order valence-corrected chi connectivity index (χ3v) is 2.58. The summed E-state index contributed by atoms with van der Waals surface area (Å²) in [5.41, 5.74) is 1.53. The van der Waals surface area contributed by atoms with Crippen molar-refractivity contribution in [1.82, 2.24) is 5.32 Å². The van der Waals surface area contributed by atoms with Crippen molar-refractivity contribution >= 4 is 5.97 Å². The van der Waals surface area contributed by atoms with Gasteiger partial charge in [-0.2, -0.15) is 0 Å². The van der Waals surface area contributed by atoms with Crippen LogP contribution in [0, 0.1) is 6.92 Å². The van der Waals surface area contributed by atoms with Gasteiger partial charge in [0.15, 0.2) is 0 Å². The molecule has 0 amide bonds. The molecule has 96 valence electrons. The standard InChI is InChI=1S/C13H15NO4/c1-9-12(13(15)16-2)5-11(18-9)7-14-6-10-3-4-17-8-10/h3-5,8,14H,6-7H2,1-2H3. The van der Waals surface area contributed by atoms with Crippen LogP contribution in [0.2, 0.25) is 0 Å². The fraction of sp³-hybridized carbons (Fsp3) is 0.308. The van der Waals surface area contributed by atoms with Crippen molar-refractivity contribution in [3.63, 3.8) is 0 Å². The first-order chi connectivity index (χ1) is 8.70. The molecule has 0 aliphatic heterocycles. The molecule has 0 aromatic carbocycles. The van der Waals surface area contributed by atoms with E-state index in [1.807, 2.05) is 6.07 Å². The maximum absolute atomic E-state index is 11.4. The number of furan rings is 2. The second-order valence-electron chi connectivity index (χ2n) is 3.91. The van der Waals surface area contributed by atoms with E-state index in [-0.39, 0.29) is 5.97 Å². The molecule has 0 fully saturated rings. The maximum Gasteiger partial charge on any atom is 0.341 e. The van der Waals surface area contributed by atoms with E-state index in [0.29, 0.717) is 30.2 Å². The Balaban J connectivity index is 1.92. The van der Waals surface area contributed by atoms with Crippen molar-refractivity contribution in [2.24, 2.45) is 0 Å². The molecule has 2 rings (SSSR count). The van der Waals surface area contributed by atoms with E-state index in [0.717, 1.165) is 5.56 Å². The molecule has 2 heterocycles. The highest BCUT2D eigenvalue weighted by Gasteiger charge is 2.14. The van der Waals surface area contributed by atoms with Gasteiger partial charge in [-0.25, -0.2) is 4.79 Å². The Kier molecular flexibility index (Phi) is 3.84. The zero-order chi connectivity index (χ0) is 13.0. The summed E-state index contributed by atoms with van der Waals surface area (Å²) < 4.78 is 15.1. The lowest BCUT2D eigenvalue weighted by molar-refractivity contribution is 0.0599. The Morgan fingerprint density at radius 2 is 2.28 bits per heavy atom. The lowest BCUT2D eigenvalue weighted by Gasteiger charge is -1.99. The Labute approximate surface area is 105 Å². The van der Waals surface area contributed by atoms with Crippen LogP contribution in [-0.4, -0.2) is 13.1 Å². The van der Waals surface area contributed by atoms with Gasteiger partial charge in [0.05, 0.1) is 26.2 Å². The van der Waals surface area contributed by atoms with E-state index < -0.39 is 0 Å². The quantitative estimate of drug-likeness (QED) is 0.823. The van der Waals surface area contributed by atoms with Crippen LogP contribution in [0.3, 0.4) is 0 Å². The summed E-state index contributed by atoms with van der Waals surface area (Å²) in [5.74, 6) is 0.899. The average molecular weight is 249 g/mol. The molecule has 0 spiro atoms. The largest absolute Gasteiger partial charge is 0.472 e. The lowest BCUT2D eigenvalue weighted by atomic mass is 10.2. The smallest absolute Gasteiger partial charge is 0.341 e. The van der Waals surface area contributed by atoms with Gasteiger partial charge in [-0.1, -0.05) is 0 Å². The summed E-state index contributed by atoms with van der Waals surface area (Å²) >= 11 is 0. The Morgan fingerprint density at radius 3 is 2.94 bits per heavy atom. The number of esters is 1. The van der Waals surface area contributed by atoms with Crippen LogP contribution < -0.4 is 5.32 Å². The van der Waals surface area contributed by atoms with Gasteiger partial charge < -0.3 is 18.9 Å². The molecule has 0 unspecified atom stereocenters. The molecule has 0 saturated carbocycles. The van der Waals surface area contributed by atoms with E-state index >= 15 is 0 Å². The second-order valence-corrected chi connectivity index (χ2v) is 3.91. The summed E-state index contributed by atoms with van der Waals surface area (Å²) in [7, 11) is 1.35. The number of carbonyl (C=O) groups is 1. The third-order valence-electron chi connectivity index (χ3n) is 2.58. The number of hydrogen-bond acceptors (Lipinski definition) is 5. The van der Waals surface area contributed by atoms with Crippen molar-refractivity contribution in [1.29, 1.82) is 0 Å². The zero-order valence-electron chi connectivity index (χ0n) is 10.4. The highest BCUT2D eigenvalue weighted by molar-refractivity contribution is 5.90. The SMILES string of the molecule is COC(=O)c1cc(CNCc2ccoc2)oc1C. The minimum atomic E-state index is -0.377. The lowest BCUT2D eigenvalue weighted by Crippen LogP contribution is -2.11. The van der Waals surface area contributed by atoms with Crippen LogP contribution in [0.25, 0.3) is 0 Å². The average Bonchev–Trinajstić information content (AvgIpc) is 2.98. The maximum atomic E-state index is 11.4. The second kappa shape index (κ2) is 5.55. The Bertz CT molecular complexity index is 513. The van der Waals surface area contributed by atoms with E-state index in [1.165, 1.54) is 7.11 Å². The first kappa shape index (κ1) is 12.4. The molecular weight excluding hydrogens is 234 g/mol. The summed E-state index contributed by atoms with van der Waals surface area (Å²) in [6, 6.07) is 3.59. The zero-order valence-corrected chi connectivity index (χ0v) is 10.4. The van der Waals surface area contributed by atoms with Gasteiger partial charge in [-0.05, 0) is 19.1 Å². The first-order valence-corrected chi connectivity index (χ1v) is 5.60. The summed E-state index contributed by atoms with van der Waals surface area (Å²) in [5, 5.41) is 3.20. The van der Waals surface area contributed by atoms with Crippen LogP contribution in [0.1, 0.15) is 27.4 Å². The molecule has 5 nitrogen and oxygen atoms in total. The number of rotatable bonds is 5. The van der Waals surface area contributed by atoms with Gasteiger partial charge >= 0.3 is 5.97 Å². The molecule has 0 radical (unpaired) electrons. The van der Waals surface area contributed by atoms with Crippen molar-refractivity contribution in [2.75, 3.05) is 7.11 Å². The van der Waals surface area contributed by atoms with E-state index in [4.69, 9.17) is 8.83 Å². The first-order valence-electron chi connectivity index (χ1n) is 5.60. The number of aryl methyl sites for hydroxylation is 1. The van der Waals surface area contributed by atoms with Crippen LogP contribution in [0.4, 0.5) is 0 Å². The minimum Gasteiger partial charge on any atom is -0.472 e. The van der Waals surface area contributed by atoms with Gasteiger partial charge in [0.1, 0.15) is 17.1 Å². The molecule has 0 saturated heterocycles. The van der Waals surface area contributed by atoms with Crippen molar-refractivity contribution in [2.45, 2.75) is 20.0 Å². The fourth-order valence-corrected chi connectivity index (χ4v) is 1.67. The van der Waals surface area contributed by atoms with Crippen molar-refractivity contribution < 1.29 is 18.4 Å². The third kappa shape index (κ3) is 2.81. The van der Waals surface area contributed by atoms with E-state index in [2.05, 4.69) is 10.1 Å². The topological polar surface area (TPSA) is 64.6 Å². The summed E-state index contributed by atoms with van der Waals surface area (Å²) in [6.45, 7) is 2.97. The van der Waals surface area contributed by atoms with Gasteiger partial charge in [0, 0.05) is 12.1 Å². The van der Waals surface area contributed by atoms with Crippen molar-refractivity contribution in [3.05, 3.63) is 47.3 Å². The molecular formula is C13H15NO4. The predicted molar refractivity (Wildman–Crippen MR) is 64.0 cm³/mol. The number of hydrogen-bond donors (Lipinski definition) is 1. The van der Waals surface area contributed by atoms with Crippen molar-refractivity contribution in [3.8, 4) is 0 Å². The van der Waals surface area contributed by atoms with Gasteiger partial charge in [0.2, 0.25) is 0 Å². The Hall–Kier alpha value is -2.01. The van der Waals surface area contributed by atoms with Crippen LogP contribution in [0.5, 0.6) is 0 Å². The normalized spacial score (nSPS) is 10.6. The molecule has 18 heavy (non-hydrogen) atoms. The van der Waals surface area contributed by atoms with Gasteiger partial charge in [-0.15, -0.1) is 0 Å². The minimum absolute atomic E-state index is 0.377. The molecule has 0 aliphatic carbocycles. The highest BCUT2D eigenvalue weighted by Crippen LogP contribution is 2.15. The molecule has 2 aromatic heterocycles. The molecule has 1 N–H and O–H groups in total. The molecule has 0 aliphatic rings. The summed E-state index contributed by atoms with van der Waals surface area (Å²) in [4.78, 5) is 11.4. The highest BCUT2D eigenvalue weighted by atomic mass is 16.5. The predicted octanol–water partition coefficient (Wildman–Crippen LogP) is 2.26. The molecule has 0 bridgehead atoms. The van der Waals surface area contributed by atoms with Gasteiger partial charge in [-0.3, -0.25) is 0 Å². The number of methoxy groups -OCH3 is 1. The Morgan fingerprint density at radius 1 is 1.44 bits per heavy atom.